The number of aliphatic hydroxyl groups is 1. The van der Waals surface area contributed by atoms with E-state index in [9.17, 15) is 5.11 Å². The van der Waals surface area contributed by atoms with Crippen LogP contribution in [0.3, 0.4) is 0 Å². The maximum atomic E-state index is 10.9. The van der Waals surface area contributed by atoms with Crippen LogP contribution in [-0.4, -0.2) is 30.1 Å². The van der Waals surface area contributed by atoms with Crippen LogP contribution < -0.4 is 0 Å². The standard InChI is InChI=1S/C17H27NO/c1-16(2,3)14-6-8-15(9-7-14)17(19)10-5-12-18(4)13-11-17/h6-9,19H,5,10-13H2,1-4H3. The van der Waals surface area contributed by atoms with Gasteiger partial charge in [-0.2, -0.15) is 0 Å². The Hall–Kier alpha value is -0.860. The molecule has 1 unspecified atom stereocenters. The van der Waals surface area contributed by atoms with E-state index in [1.807, 2.05) is 0 Å². The van der Waals surface area contributed by atoms with Gasteiger partial charge in [0.25, 0.3) is 0 Å². The number of nitrogens with zero attached hydrogens (tertiary/aromatic N) is 1. The second-order valence-electron chi connectivity index (χ2n) is 7.02. The molecule has 2 nitrogen and oxygen atoms in total. The molecule has 1 heterocycles. The van der Waals surface area contributed by atoms with Crippen LogP contribution in [0.15, 0.2) is 24.3 Å². The summed E-state index contributed by atoms with van der Waals surface area (Å²) in [5.41, 5.74) is 1.94. The molecule has 2 heteroatoms. The lowest BCUT2D eigenvalue weighted by Crippen LogP contribution is -2.27. The Morgan fingerprint density at radius 1 is 1.05 bits per heavy atom. The third-order valence-corrected chi connectivity index (χ3v) is 4.33. The molecule has 0 spiro atoms. The van der Waals surface area contributed by atoms with Crippen molar-refractivity contribution in [1.29, 1.82) is 0 Å². The Bertz CT molecular complexity index is 418. The molecule has 1 aliphatic rings. The highest BCUT2D eigenvalue weighted by Gasteiger charge is 2.31. The van der Waals surface area contributed by atoms with Crippen molar-refractivity contribution in [2.45, 2.75) is 51.0 Å². The molecule has 1 aliphatic heterocycles. The normalized spacial score (nSPS) is 26.2. The molecule has 1 aromatic carbocycles. The molecule has 0 bridgehead atoms. The van der Waals surface area contributed by atoms with Gasteiger partial charge in [0.1, 0.15) is 0 Å². The fraction of sp³-hybridized carbons (Fsp3) is 0.647. The van der Waals surface area contributed by atoms with Crippen LogP contribution in [0.25, 0.3) is 0 Å². The highest BCUT2D eigenvalue weighted by atomic mass is 16.3. The van der Waals surface area contributed by atoms with Gasteiger partial charge >= 0.3 is 0 Å². The summed E-state index contributed by atoms with van der Waals surface area (Å²) < 4.78 is 0. The van der Waals surface area contributed by atoms with Crippen molar-refractivity contribution in [3.63, 3.8) is 0 Å². The van der Waals surface area contributed by atoms with Crippen LogP contribution in [0.4, 0.5) is 0 Å². The molecule has 1 saturated heterocycles. The lowest BCUT2D eigenvalue weighted by atomic mass is 9.82. The van der Waals surface area contributed by atoms with Gasteiger partial charge in [-0.3, -0.25) is 0 Å². The Morgan fingerprint density at radius 3 is 2.26 bits per heavy atom. The van der Waals surface area contributed by atoms with Crippen molar-refractivity contribution >= 4 is 0 Å². The van der Waals surface area contributed by atoms with Gasteiger partial charge in [0.2, 0.25) is 0 Å². The van der Waals surface area contributed by atoms with E-state index in [4.69, 9.17) is 0 Å². The molecule has 106 valence electrons. The zero-order chi connectivity index (χ0) is 14.1. The summed E-state index contributed by atoms with van der Waals surface area (Å²) in [4.78, 5) is 2.31. The molecule has 1 aromatic rings. The van der Waals surface area contributed by atoms with Crippen LogP contribution in [0.5, 0.6) is 0 Å². The van der Waals surface area contributed by atoms with E-state index in [1.165, 1.54) is 5.56 Å². The number of benzene rings is 1. The largest absolute Gasteiger partial charge is 0.385 e. The summed E-state index contributed by atoms with van der Waals surface area (Å²) in [6.07, 6.45) is 2.76. The first-order valence-corrected chi connectivity index (χ1v) is 7.33. The van der Waals surface area contributed by atoms with Crippen LogP contribution in [0.1, 0.15) is 51.2 Å². The van der Waals surface area contributed by atoms with Gasteiger partial charge in [0, 0.05) is 6.54 Å². The minimum absolute atomic E-state index is 0.171. The molecular weight excluding hydrogens is 234 g/mol. The van der Waals surface area contributed by atoms with Crippen LogP contribution in [0.2, 0.25) is 0 Å². The fourth-order valence-corrected chi connectivity index (χ4v) is 2.82. The molecule has 0 saturated carbocycles. The monoisotopic (exact) mass is 261 g/mol. The summed E-state index contributed by atoms with van der Waals surface area (Å²) in [7, 11) is 2.13. The molecule has 0 radical (unpaired) electrons. The summed E-state index contributed by atoms with van der Waals surface area (Å²) >= 11 is 0. The van der Waals surface area contributed by atoms with Crippen molar-refractivity contribution in [2.24, 2.45) is 0 Å². The van der Waals surface area contributed by atoms with E-state index in [0.717, 1.165) is 37.9 Å². The highest BCUT2D eigenvalue weighted by Crippen LogP contribution is 2.33. The average Bonchev–Trinajstić information content (AvgIpc) is 2.52. The van der Waals surface area contributed by atoms with E-state index >= 15 is 0 Å². The quantitative estimate of drug-likeness (QED) is 0.838. The SMILES string of the molecule is CN1CCCC(O)(c2ccc(C(C)(C)C)cc2)CC1. The first kappa shape index (κ1) is 14.5. The predicted octanol–water partition coefficient (Wildman–Crippen LogP) is 3.29. The third-order valence-electron chi connectivity index (χ3n) is 4.33. The maximum Gasteiger partial charge on any atom is 0.0909 e. The minimum Gasteiger partial charge on any atom is -0.385 e. The van der Waals surface area contributed by atoms with Crippen molar-refractivity contribution in [2.75, 3.05) is 20.1 Å². The summed E-state index contributed by atoms with van der Waals surface area (Å²) in [5.74, 6) is 0. The smallest absolute Gasteiger partial charge is 0.0909 e. The zero-order valence-corrected chi connectivity index (χ0v) is 12.7. The van der Waals surface area contributed by atoms with Gasteiger partial charge in [0.15, 0.2) is 0 Å². The van der Waals surface area contributed by atoms with Crippen molar-refractivity contribution in [3.05, 3.63) is 35.4 Å². The summed E-state index contributed by atoms with van der Waals surface area (Å²) in [6.45, 7) is 8.71. The molecule has 1 N–H and O–H groups in total. The first-order chi connectivity index (χ1) is 8.81. The summed E-state index contributed by atoms with van der Waals surface area (Å²) in [6, 6.07) is 8.57. The van der Waals surface area contributed by atoms with Gasteiger partial charge in [-0.1, -0.05) is 45.0 Å². The first-order valence-electron chi connectivity index (χ1n) is 7.33. The highest BCUT2D eigenvalue weighted by molar-refractivity contribution is 5.31. The second-order valence-corrected chi connectivity index (χ2v) is 7.02. The van der Waals surface area contributed by atoms with Crippen molar-refractivity contribution < 1.29 is 5.11 Å². The van der Waals surface area contributed by atoms with E-state index in [0.29, 0.717) is 0 Å². The van der Waals surface area contributed by atoms with E-state index < -0.39 is 5.60 Å². The molecule has 1 atom stereocenters. The van der Waals surface area contributed by atoms with Gasteiger partial charge in [-0.25, -0.2) is 0 Å². The van der Waals surface area contributed by atoms with Gasteiger partial charge in [-0.05, 0) is 49.4 Å². The van der Waals surface area contributed by atoms with E-state index in [1.54, 1.807) is 0 Å². The topological polar surface area (TPSA) is 23.5 Å². The average molecular weight is 261 g/mol. The molecule has 0 aliphatic carbocycles. The van der Waals surface area contributed by atoms with Gasteiger partial charge < -0.3 is 10.0 Å². The van der Waals surface area contributed by atoms with Crippen molar-refractivity contribution in [3.8, 4) is 0 Å². The fourth-order valence-electron chi connectivity index (χ4n) is 2.82. The maximum absolute atomic E-state index is 10.9. The lowest BCUT2D eigenvalue weighted by Gasteiger charge is -2.28. The molecule has 0 amide bonds. The van der Waals surface area contributed by atoms with Crippen LogP contribution >= 0.6 is 0 Å². The zero-order valence-electron chi connectivity index (χ0n) is 12.7. The Balaban J connectivity index is 2.21. The second kappa shape index (κ2) is 5.26. The molecule has 2 rings (SSSR count). The third kappa shape index (κ3) is 3.37. The Kier molecular flexibility index (Phi) is 4.03. The molecule has 19 heavy (non-hydrogen) atoms. The number of hydrogen-bond donors (Lipinski definition) is 1. The van der Waals surface area contributed by atoms with Gasteiger partial charge in [-0.15, -0.1) is 0 Å². The lowest BCUT2D eigenvalue weighted by molar-refractivity contribution is 0.0218. The predicted molar refractivity (Wildman–Crippen MR) is 80.4 cm³/mol. The van der Waals surface area contributed by atoms with Crippen LogP contribution in [-0.2, 0) is 11.0 Å². The molecule has 0 aromatic heterocycles. The van der Waals surface area contributed by atoms with E-state index in [2.05, 4.69) is 57.0 Å². The summed E-state index contributed by atoms with van der Waals surface area (Å²) in [5, 5.41) is 10.9. The number of rotatable bonds is 1. The van der Waals surface area contributed by atoms with Crippen LogP contribution in [0, 0.1) is 0 Å². The van der Waals surface area contributed by atoms with Gasteiger partial charge in [0.05, 0.1) is 5.60 Å². The molecular formula is C17H27NO. The molecule has 1 fully saturated rings. The number of likely N-dealkylation sites (tertiary alicyclic amines) is 1. The minimum atomic E-state index is -0.638. The Labute approximate surface area is 117 Å². The Morgan fingerprint density at radius 2 is 1.68 bits per heavy atom. The van der Waals surface area contributed by atoms with E-state index in [-0.39, 0.29) is 5.41 Å². The number of hydrogen-bond acceptors (Lipinski definition) is 2. The van der Waals surface area contributed by atoms with Crippen molar-refractivity contribution in [1.82, 2.24) is 4.90 Å².